The van der Waals surface area contributed by atoms with Gasteiger partial charge >= 0.3 is 0 Å². The lowest BCUT2D eigenvalue weighted by molar-refractivity contribution is 0.480. The van der Waals surface area contributed by atoms with E-state index in [-0.39, 0.29) is 5.82 Å². The van der Waals surface area contributed by atoms with E-state index in [1.54, 1.807) is 6.07 Å². The minimum Gasteiger partial charge on any atom is -0.313 e. The van der Waals surface area contributed by atoms with Crippen molar-refractivity contribution in [1.29, 1.82) is 0 Å². The quantitative estimate of drug-likeness (QED) is 0.676. The molecule has 1 aromatic carbocycles. The SMILES string of the molecule is CCCNC(CC1=CCCCC1)Cc1ccc(Cl)cc1F. The van der Waals surface area contributed by atoms with Crippen molar-refractivity contribution in [2.24, 2.45) is 0 Å². The highest BCUT2D eigenvalue weighted by atomic mass is 35.5. The molecule has 0 bridgehead atoms. The van der Waals surface area contributed by atoms with Crippen LogP contribution in [-0.4, -0.2) is 12.6 Å². The maximum absolute atomic E-state index is 14.0. The Morgan fingerprint density at radius 2 is 2.14 bits per heavy atom. The molecule has 0 spiro atoms. The highest BCUT2D eigenvalue weighted by molar-refractivity contribution is 6.30. The van der Waals surface area contributed by atoms with E-state index in [0.717, 1.165) is 31.4 Å². The Bertz CT molecular complexity index is 484. The van der Waals surface area contributed by atoms with Gasteiger partial charge in [-0.15, -0.1) is 0 Å². The van der Waals surface area contributed by atoms with E-state index in [1.165, 1.54) is 37.3 Å². The second kappa shape index (κ2) is 8.55. The molecule has 0 aromatic heterocycles. The minimum atomic E-state index is -0.191. The van der Waals surface area contributed by atoms with Crippen LogP contribution in [0.15, 0.2) is 29.8 Å². The van der Waals surface area contributed by atoms with E-state index >= 15 is 0 Å². The zero-order chi connectivity index (χ0) is 15.1. The van der Waals surface area contributed by atoms with E-state index in [0.29, 0.717) is 11.1 Å². The summed E-state index contributed by atoms with van der Waals surface area (Å²) in [4.78, 5) is 0. The van der Waals surface area contributed by atoms with Gasteiger partial charge in [-0.2, -0.15) is 0 Å². The molecule has 0 radical (unpaired) electrons. The smallest absolute Gasteiger partial charge is 0.127 e. The fourth-order valence-corrected chi connectivity index (χ4v) is 3.08. The van der Waals surface area contributed by atoms with Crippen LogP contribution in [0.25, 0.3) is 0 Å². The topological polar surface area (TPSA) is 12.0 Å². The van der Waals surface area contributed by atoms with Crippen molar-refractivity contribution in [1.82, 2.24) is 5.32 Å². The number of benzene rings is 1. The first-order chi connectivity index (χ1) is 10.2. The summed E-state index contributed by atoms with van der Waals surface area (Å²) in [5.41, 5.74) is 2.29. The van der Waals surface area contributed by atoms with Crippen LogP contribution < -0.4 is 5.32 Å². The van der Waals surface area contributed by atoms with E-state index < -0.39 is 0 Å². The van der Waals surface area contributed by atoms with Crippen LogP contribution in [0.5, 0.6) is 0 Å². The van der Waals surface area contributed by atoms with Crippen LogP contribution in [0.3, 0.4) is 0 Å². The summed E-state index contributed by atoms with van der Waals surface area (Å²) in [6, 6.07) is 5.31. The first-order valence-corrected chi connectivity index (χ1v) is 8.42. The molecule has 1 aliphatic rings. The molecule has 1 atom stereocenters. The summed E-state index contributed by atoms with van der Waals surface area (Å²) in [5, 5.41) is 4.03. The van der Waals surface area contributed by atoms with Crippen molar-refractivity contribution in [3.63, 3.8) is 0 Å². The lowest BCUT2D eigenvalue weighted by atomic mass is 9.91. The van der Waals surface area contributed by atoms with Gasteiger partial charge in [-0.05, 0) is 69.2 Å². The molecule has 1 nitrogen and oxygen atoms in total. The normalized spacial score (nSPS) is 16.6. The molecule has 116 valence electrons. The fourth-order valence-electron chi connectivity index (χ4n) is 2.92. The lowest BCUT2D eigenvalue weighted by Gasteiger charge is -2.22. The largest absolute Gasteiger partial charge is 0.313 e. The van der Waals surface area contributed by atoms with Gasteiger partial charge in [-0.3, -0.25) is 0 Å². The molecule has 1 N–H and O–H groups in total. The second-order valence-electron chi connectivity index (χ2n) is 5.90. The Hall–Kier alpha value is -0.860. The summed E-state index contributed by atoms with van der Waals surface area (Å²) in [5.74, 6) is -0.191. The van der Waals surface area contributed by atoms with Gasteiger partial charge in [0.1, 0.15) is 5.82 Å². The number of nitrogens with one attached hydrogen (secondary N) is 1. The maximum atomic E-state index is 14.0. The monoisotopic (exact) mass is 309 g/mol. The minimum absolute atomic E-state index is 0.191. The van der Waals surface area contributed by atoms with Gasteiger partial charge in [0.2, 0.25) is 0 Å². The van der Waals surface area contributed by atoms with Crippen molar-refractivity contribution < 1.29 is 4.39 Å². The van der Waals surface area contributed by atoms with Crippen molar-refractivity contribution in [3.05, 3.63) is 46.3 Å². The van der Waals surface area contributed by atoms with Gasteiger partial charge in [0.05, 0.1) is 0 Å². The molecule has 21 heavy (non-hydrogen) atoms. The van der Waals surface area contributed by atoms with Gasteiger partial charge in [0, 0.05) is 11.1 Å². The fraction of sp³-hybridized carbons (Fsp3) is 0.556. The predicted octanol–water partition coefficient (Wildman–Crippen LogP) is 5.28. The van der Waals surface area contributed by atoms with Crippen molar-refractivity contribution in [2.75, 3.05) is 6.54 Å². The number of halogens is 2. The molecule has 3 heteroatoms. The van der Waals surface area contributed by atoms with Crippen molar-refractivity contribution in [2.45, 2.75) is 57.9 Å². The molecule has 0 amide bonds. The Labute approximate surface area is 132 Å². The van der Waals surface area contributed by atoms with Crippen LogP contribution in [0.4, 0.5) is 4.39 Å². The molecule has 0 saturated carbocycles. The Morgan fingerprint density at radius 1 is 1.29 bits per heavy atom. The van der Waals surface area contributed by atoms with Crippen molar-refractivity contribution in [3.8, 4) is 0 Å². The first kappa shape index (κ1) is 16.5. The average Bonchev–Trinajstić information content (AvgIpc) is 2.48. The van der Waals surface area contributed by atoms with Crippen LogP contribution in [-0.2, 0) is 6.42 Å². The first-order valence-electron chi connectivity index (χ1n) is 8.04. The van der Waals surface area contributed by atoms with Gasteiger partial charge < -0.3 is 5.32 Å². The van der Waals surface area contributed by atoms with E-state index in [4.69, 9.17) is 11.6 Å². The molecule has 0 saturated heterocycles. The van der Waals surface area contributed by atoms with E-state index in [1.807, 2.05) is 6.07 Å². The van der Waals surface area contributed by atoms with Crippen LogP contribution in [0, 0.1) is 5.82 Å². The molecule has 0 heterocycles. The second-order valence-corrected chi connectivity index (χ2v) is 6.34. The molecule has 1 unspecified atom stereocenters. The summed E-state index contributed by atoms with van der Waals surface area (Å²) in [6.45, 7) is 3.14. The van der Waals surface area contributed by atoms with Crippen LogP contribution in [0.2, 0.25) is 5.02 Å². The third-order valence-corrected chi connectivity index (χ3v) is 4.29. The predicted molar refractivity (Wildman–Crippen MR) is 88.4 cm³/mol. The maximum Gasteiger partial charge on any atom is 0.127 e. The highest BCUT2D eigenvalue weighted by Gasteiger charge is 2.15. The Morgan fingerprint density at radius 3 is 2.81 bits per heavy atom. The summed E-state index contributed by atoms with van der Waals surface area (Å²) >= 11 is 5.83. The molecule has 0 aliphatic heterocycles. The Kier molecular flexibility index (Phi) is 6.72. The zero-order valence-corrected chi connectivity index (χ0v) is 13.6. The third-order valence-electron chi connectivity index (χ3n) is 4.06. The number of hydrogen-bond donors (Lipinski definition) is 1. The molecule has 1 aromatic rings. The van der Waals surface area contributed by atoms with Gasteiger partial charge in [0.15, 0.2) is 0 Å². The molecule has 2 rings (SSSR count). The van der Waals surface area contributed by atoms with Crippen LogP contribution in [0.1, 0.15) is 51.0 Å². The van der Waals surface area contributed by atoms with E-state index in [9.17, 15) is 4.39 Å². The average molecular weight is 310 g/mol. The standard InChI is InChI=1S/C18H25ClFN/c1-2-10-21-17(11-14-6-4-3-5-7-14)12-15-8-9-16(19)13-18(15)20/h6,8-9,13,17,21H,2-5,7,10-12H2,1H3. The van der Waals surface area contributed by atoms with Gasteiger partial charge in [-0.1, -0.05) is 36.2 Å². The summed E-state index contributed by atoms with van der Waals surface area (Å²) < 4.78 is 14.0. The van der Waals surface area contributed by atoms with E-state index in [2.05, 4.69) is 18.3 Å². The number of allylic oxidation sites excluding steroid dienone is 1. The van der Waals surface area contributed by atoms with Crippen molar-refractivity contribution >= 4 is 11.6 Å². The molecular formula is C18H25ClFN. The van der Waals surface area contributed by atoms with Gasteiger partial charge in [-0.25, -0.2) is 4.39 Å². The highest BCUT2D eigenvalue weighted by Crippen LogP contribution is 2.23. The molecular weight excluding hydrogens is 285 g/mol. The number of hydrogen-bond acceptors (Lipinski definition) is 1. The lowest BCUT2D eigenvalue weighted by Crippen LogP contribution is -2.32. The summed E-state index contributed by atoms with van der Waals surface area (Å²) in [7, 11) is 0. The zero-order valence-electron chi connectivity index (χ0n) is 12.8. The Balaban J connectivity index is 2.02. The molecule has 0 fully saturated rings. The molecule has 1 aliphatic carbocycles. The summed E-state index contributed by atoms with van der Waals surface area (Å²) in [6.07, 6.45) is 10.2. The van der Waals surface area contributed by atoms with Crippen LogP contribution >= 0.6 is 11.6 Å². The van der Waals surface area contributed by atoms with Gasteiger partial charge in [0.25, 0.3) is 0 Å². The number of rotatable bonds is 7. The third kappa shape index (κ3) is 5.44.